The molecule has 0 fully saturated rings. The van der Waals surface area contributed by atoms with Gasteiger partial charge in [-0.15, -0.1) is 0 Å². The van der Waals surface area contributed by atoms with E-state index in [0.29, 0.717) is 0 Å². The van der Waals surface area contributed by atoms with E-state index in [1.165, 1.54) is 4.90 Å². The van der Waals surface area contributed by atoms with Crippen molar-refractivity contribution in [2.24, 2.45) is 0 Å². The van der Waals surface area contributed by atoms with Crippen LogP contribution in [0.2, 0.25) is 0 Å². The van der Waals surface area contributed by atoms with E-state index in [-0.39, 0.29) is 0 Å². The number of H-pyrrole nitrogens is 1. The molecular weight excluding hydrogens is 242 g/mol. The van der Waals surface area contributed by atoms with Gasteiger partial charge < -0.3 is 0 Å². The number of aromatic amines is 1. The molecule has 4 heteroatoms. The standard InChI is InChI=1S/C14H13N3S/c1-11-10-13(16-15-11)17-9-5-8-14(17)18-12-6-3-2-4-7-12/h2-10H,1H3,(H,15,16). The van der Waals surface area contributed by atoms with Crippen molar-refractivity contribution in [2.45, 2.75) is 16.8 Å². The minimum atomic E-state index is 0.927. The van der Waals surface area contributed by atoms with Gasteiger partial charge >= 0.3 is 0 Å². The molecule has 3 aromatic rings. The molecule has 0 aliphatic carbocycles. The third-order valence-corrected chi connectivity index (χ3v) is 3.67. The number of hydrogen-bond acceptors (Lipinski definition) is 2. The van der Waals surface area contributed by atoms with Crippen LogP contribution < -0.4 is 0 Å². The van der Waals surface area contributed by atoms with E-state index in [9.17, 15) is 0 Å². The lowest BCUT2D eigenvalue weighted by Gasteiger charge is -2.05. The lowest BCUT2D eigenvalue weighted by molar-refractivity contribution is 0.889. The SMILES string of the molecule is Cc1cc(-n2cccc2Sc2ccccc2)n[nH]1. The molecule has 1 aromatic carbocycles. The largest absolute Gasteiger partial charge is 0.294 e. The maximum Gasteiger partial charge on any atom is 0.159 e. The van der Waals surface area contributed by atoms with Gasteiger partial charge in [0.25, 0.3) is 0 Å². The van der Waals surface area contributed by atoms with Crippen molar-refractivity contribution in [3.8, 4) is 5.82 Å². The van der Waals surface area contributed by atoms with Crippen LogP contribution in [0.3, 0.4) is 0 Å². The second-order valence-electron chi connectivity index (χ2n) is 4.04. The van der Waals surface area contributed by atoms with E-state index in [1.807, 2.05) is 43.5 Å². The summed E-state index contributed by atoms with van der Waals surface area (Å²) in [5.41, 5.74) is 1.06. The third-order valence-electron chi connectivity index (χ3n) is 2.62. The molecule has 0 spiro atoms. The summed E-state index contributed by atoms with van der Waals surface area (Å²) in [7, 11) is 0. The van der Waals surface area contributed by atoms with Crippen LogP contribution in [-0.4, -0.2) is 14.8 Å². The Balaban J connectivity index is 1.93. The Hall–Kier alpha value is -1.94. The monoisotopic (exact) mass is 255 g/mol. The Kier molecular flexibility index (Phi) is 2.94. The lowest BCUT2D eigenvalue weighted by atomic mass is 10.4. The number of benzene rings is 1. The maximum atomic E-state index is 4.29. The Morgan fingerprint density at radius 3 is 2.67 bits per heavy atom. The van der Waals surface area contributed by atoms with Crippen molar-refractivity contribution < 1.29 is 0 Å². The van der Waals surface area contributed by atoms with Gasteiger partial charge in [-0.3, -0.25) is 9.67 Å². The van der Waals surface area contributed by atoms with Crippen LogP contribution in [0.4, 0.5) is 0 Å². The molecule has 0 unspecified atom stereocenters. The van der Waals surface area contributed by atoms with Crippen molar-refractivity contribution in [1.82, 2.24) is 14.8 Å². The molecule has 0 radical (unpaired) electrons. The van der Waals surface area contributed by atoms with Crippen LogP contribution in [0.25, 0.3) is 5.82 Å². The van der Waals surface area contributed by atoms with Gasteiger partial charge in [-0.1, -0.05) is 30.0 Å². The first-order chi connectivity index (χ1) is 8.83. The molecule has 0 atom stereocenters. The van der Waals surface area contributed by atoms with Crippen molar-refractivity contribution in [3.05, 3.63) is 60.4 Å². The summed E-state index contributed by atoms with van der Waals surface area (Å²) in [5.74, 6) is 0.927. The molecule has 0 aliphatic heterocycles. The molecule has 0 saturated heterocycles. The van der Waals surface area contributed by atoms with E-state index in [0.717, 1.165) is 16.5 Å². The average Bonchev–Trinajstić information content (AvgIpc) is 2.99. The number of hydrogen-bond donors (Lipinski definition) is 1. The Morgan fingerprint density at radius 2 is 1.94 bits per heavy atom. The molecular formula is C14H13N3S. The van der Waals surface area contributed by atoms with Crippen molar-refractivity contribution in [2.75, 3.05) is 0 Å². The van der Waals surface area contributed by atoms with Crippen LogP contribution in [-0.2, 0) is 0 Å². The smallest absolute Gasteiger partial charge is 0.159 e. The quantitative estimate of drug-likeness (QED) is 0.775. The normalized spacial score (nSPS) is 10.7. The predicted octanol–water partition coefficient (Wildman–Crippen LogP) is 3.66. The van der Waals surface area contributed by atoms with E-state index >= 15 is 0 Å². The predicted molar refractivity (Wildman–Crippen MR) is 73.2 cm³/mol. The number of nitrogens with zero attached hydrogens (tertiary/aromatic N) is 2. The van der Waals surface area contributed by atoms with Gasteiger partial charge in [0.15, 0.2) is 5.82 Å². The average molecular weight is 255 g/mol. The first kappa shape index (κ1) is 11.2. The first-order valence-electron chi connectivity index (χ1n) is 5.75. The summed E-state index contributed by atoms with van der Waals surface area (Å²) in [6, 6.07) is 16.5. The highest BCUT2D eigenvalue weighted by atomic mass is 32.2. The van der Waals surface area contributed by atoms with Gasteiger partial charge in [0.2, 0.25) is 0 Å². The molecule has 0 bridgehead atoms. The minimum Gasteiger partial charge on any atom is -0.294 e. The zero-order valence-corrected chi connectivity index (χ0v) is 10.8. The molecule has 0 saturated carbocycles. The van der Waals surface area contributed by atoms with Gasteiger partial charge in [0, 0.05) is 22.9 Å². The maximum absolute atomic E-state index is 4.29. The highest BCUT2D eigenvalue weighted by Gasteiger charge is 2.07. The second-order valence-corrected chi connectivity index (χ2v) is 5.13. The molecule has 3 nitrogen and oxygen atoms in total. The summed E-state index contributed by atoms with van der Waals surface area (Å²) in [6.45, 7) is 2.00. The number of aromatic nitrogens is 3. The second kappa shape index (κ2) is 4.74. The molecule has 2 heterocycles. The first-order valence-corrected chi connectivity index (χ1v) is 6.57. The fourth-order valence-corrected chi connectivity index (χ4v) is 2.71. The summed E-state index contributed by atoms with van der Waals surface area (Å²) in [4.78, 5) is 1.23. The lowest BCUT2D eigenvalue weighted by Crippen LogP contribution is -1.93. The van der Waals surface area contributed by atoms with Crippen molar-refractivity contribution >= 4 is 11.8 Å². The molecule has 0 aliphatic rings. The van der Waals surface area contributed by atoms with Gasteiger partial charge in [-0.2, -0.15) is 5.10 Å². The zero-order chi connectivity index (χ0) is 12.4. The van der Waals surface area contributed by atoms with Crippen LogP contribution in [0.5, 0.6) is 0 Å². The summed E-state index contributed by atoms with van der Waals surface area (Å²) < 4.78 is 2.08. The van der Waals surface area contributed by atoms with Crippen molar-refractivity contribution in [1.29, 1.82) is 0 Å². The van der Waals surface area contributed by atoms with Crippen LogP contribution in [0.15, 0.2) is 64.6 Å². The molecule has 0 amide bonds. The van der Waals surface area contributed by atoms with Gasteiger partial charge in [-0.25, -0.2) is 0 Å². The van der Waals surface area contributed by atoms with E-state index in [1.54, 1.807) is 11.8 Å². The highest BCUT2D eigenvalue weighted by Crippen LogP contribution is 2.29. The fourth-order valence-electron chi connectivity index (χ4n) is 1.77. The molecule has 90 valence electrons. The van der Waals surface area contributed by atoms with Crippen LogP contribution in [0.1, 0.15) is 5.69 Å². The summed E-state index contributed by atoms with van der Waals surface area (Å²) in [6.07, 6.45) is 2.03. The van der Waals surface area contributed by atoms with Crippen molar-refractivity contribution in [3.63, 3.8) is 0 Å². The van der Waals surface area contributed by atoms with Crippen LogP contribution in [0, 0.1) is 6.92 Å². The zero-order valence-electron chi connectivity index (χ0n) is 10.00. The molecule has 18 heavy (non-hydrogen) atoms. The molecule has 1 N–H and O–H groups in total. The Bertz CT molecular complexity index is 640. The molecule has 3 rings (SSSR count). The van der Waals surface area contributed by atoms with E-state index in [2.05, 4.69) is 33.0 Å². The summed E-state index contributed by atoms with van der Waals surface area (Å²) in [5, 5.41) is 8.41. The minimum absolute atomic E-state index is 0.927. The number of aryl methyl sites for hydroxylation is 1. The third kappa shape index (κ3) is 2.19. The van der Waals surface area contributed by atoms with Crippen LogP contribution >= 0.6 is 11.8 Å². The Labute approximate surface area is 110 Å². The number of nitrogens with one attached hydrogen (secondary N) is 1. The topological polar surface area (TPSA) is 33.6 Å². The van der Waals surface area contributed by atoms with Gasteiger partial charge in [-0.05, 0) is 31.2 Å². The summed E-state index contributed by atoms with van der Waals surface area (Å²) >= 11 is 1.73. The van der Waals surface area contributed by atoms with E-state index in [4.69, 9.17) is 0 Å². The Morgan fingerprint density at radius 1 is 1.11 bits per heavy atom. The fraction of sp³-hybridized carbons (Fsp3) is 0.0714. The molecule has 2 aromatic heterocycles. The highest BCUT2D eigenvalue weighted by molar-refractivity contribution is 7.99. The van der Waals surface area contributed by atoms with Gasteiger partial charge in [0.1, 0.15) is 0 Å². The van der Waals surface area contributed by atoms with E-state index < -0.39 is 0 Å². The number of rotatable bonds is 3. The van der Waals surface area contributed by atoms with Gasteiger partial charge in [0.05, 0.1) is 5.03 Å².